The number of rotatable bonds is 3. The maximum absolute atomic E-state index is 6.26. The lowest BCUT2D eigenvalue weighted by Gasteiger charge is -2.37. The van der Waals surface area contributed by atoms with Crippen molar-refractivity contribution in [2.75, 3.05) is 5.73 Å². The fourth-order valence-corrected chi connectivity index (χ4v) is 3.13. The third-order valence-corrected chi connectivity index (χ3v) is 4.47. The molecule has 0 spiro atoms. The Morgan fingerprint density at radius 1 is 1.20 bits per heavy atom. The van der Waals surface area contributed by atoms with E-state index in [9.17, 15) is 0 Å². The molecule has 1 fully saturated rings. The molecule has 20 heavy (non-hydrogen) atoms. The zero-order chi connectivity index (χ0) is 14.9. The predicted molar refractivity (Wildman–Crippen MR) is 81.7 cm³/mol. The molecule has 0 aliphatic heterocycles. The minimum Gasteiger partial charge on any atom is -0.474 e. The SMILES string of the molecule is Cc1nc(N)c(C)c(OC2CC(C)CCC2C(C)C)n1. The second-order valence-electron chi connectivity index (χ2n) is 6.57. The van der Waals surface area contributed by atoms with Crippen LogP contribution < -0.4 is 10.5 Å². The monoisotopic (exact) mass is 277 g/mol. The molecule has 2 N–H and O–H groups in total. The summed E-state index contributed by atoms with van der Waals surface area (Å²) < 4.78 is 6.26. The number of hydrogen-bond acceptors (Lipinski definition) is 4. The Morgan fingerprint density at radius 2 is 1.90 bits per heavy atom. The van der Waals surface area contributed by atoms with Crippen molar-refractivity contribution in [2.45, 2.75) is 60.0 Å². The van der Waals surface area contributed by atoms with E-state index in [1.807, 2.05) is 13.8 Å². The van der Waals surface area contributed by atoms with Crippen molar-refractivity contribution in [3.63, 3.8) is 0 Å². The average molecular weight is 277 g/mol. The van der Waals surface area contributed by atoms with Crippen LogP contribution >= 0.6 is 0 Å². The molecule has 2 rings (SSSR count). The molecule has 0 bridgehead atoms. The molecule has 1 heterocycles. The molecule has 1 aliphatic carbocycles. The first-order valence-electron chi connectivity index (χ1n) is 7.65. The lowest BCUT2D eigenvalue weighted by Crippen LogP contribution is -2.36. The van der Waals surface area contributed by atoms with Crippen LogP contribution in [0.15, 0.2) is 0 Å². The van der Waals surface area contributed by atoms with E-state index in [1.165, 1.54) is 12.8 Å². The number of hydrogen-bond donors (Lipinski definition) is 1. The Hall–Kier alpha value is -1.32. The number of ether oxygens (including phenoxy) is 1. The van der Waals surface area contributed by atoms with Gasteiger partial charge in [0.15, 0.2) is 0 Å². The molecule has 1 saturated carbocycles. The van der Waals surface area contributed by atoms with Gasteiger partial charge in [-0.3, -0.25) is 0 Å². The summed E-state index contributed by atoms with van der Waals surface area (Å²) in [5, 5.41) is 0. The summed E-state index contributed by atoms with van der Waals surface area (Å²) in [7, 11) is 0. The van der Waals surface area contributed by atoms with Gasteiger partial charge in [0.2, 0.25) is 5.88 Å². The molecule has 0 radical (unpaired) electrons. The Labute approximate surface area is 122 Å². The summed E-state index contributed by atoms with van der Waals surface area (Å²) in [4.78, 5) is 8.62. The van der Waals surface area contributed by atoms with Crippen LogP contribution in [0, 0.1) is 31.6 Å². The minimum atomic E-state index is 0.242. The summed E-state index contributed by atoms with van der Waals surface area (Å²) in [5.41, 5.74) is 6.77. The Kier molecular flexibility index (Phi) is 4.51. The molecule has 0 amide bonds. The average Bonchev–Trinajstić information content (AvgIpc) is 2.35. The lowest BCUT2D eigenvalue weighted by atomic mass is 9.75. The third kappa shape index (κ3) is 3.22. The summed E-state index contributed by atoms with van der Waals surface area (Å²) in [5.74, 6) is 3.82. The summed E-state index contributed by atoms with van der Waals surface area (Å²) in [6.07, 6.45) is 3.88. The molecule has 1 aromatic rings. The highest BCUT2D eigenvalue weighted by Crippen LogP contribution is 2.36. The zero-order valence-electron chi connectivity index (χ0n) is 13.3. The van der Waals surface area contributed by atoms with Gasteiger partial charge in [-0.05, 0) is 44.4 Å². The standard InChI is InChI=1S/C16H27N3O/c1-9(2)13-7-6-10(3)8-14(13)20-16-11(4)15(17)18-12(5)19-16/h9-10,13-14H,6-8H2,1-5H3,(H2,17,18,19). The van der Waals surface area contributed by atoms with Gasteiger partial charge in [0.25, 0.3) is 0 Å². The molecule has 4 heteroatoms. The van der Waals surface area contributed by atoms with Gasteiger partial charge in [-0.2, -0.15) is 4.98 Å². The van der Waals surface area contributed by atoms with E-state index >= 15 is 0 Å². The third-order valence-electron chi connectivity index (χ3n) is 4.47. The van der Waals surface area contributed by atoms with Crippen LogP contribution in [0.5, 0.6) is 5.88 Å². The van der Waals surface area contributed by atoms with Crippen LogP contribution in [0.2, 0.25) is 0 Å². The van der Waals surface area contributed by atoms with Gasteiger partial charge >= 0.3 is 0 Å². The highest BCUT2D eigenvalue weighted by molar-refractivity contribution is 5.44. The molecule has 3 unspecified atom stereocenters. The summed E-state index contributed by atoms with van der Waals surface area (Å²) >= 11 is 0. The maximum Gasteiger partial charge on any atom is 0.222 e. The Morgan fingerprint density at radius 3 is 2.55 bits per heavy atom. The van der Waals surface area contributed by atoms with Crippen molar-refractivity contribution in [3.8, 4) is 5.88 Å². The van der Waals surface area contributed by atoms with Crippen molar-refractivity contribution < 1.29 is 4.74 Å². The van der Waals surface area contributed by atoms with Gasteiger partial charge in [-0.25, -0.2) is 4.98 Å². The van der Waals surface area contributed by atoms with Gasteiger partial charge in [-0.1, -0.05) is 27.2 Å². The molecular weight excluding hydrogens is 250 g/mol. The van der Waals surface area contributed by atoms with Crippen LogP contribution in [-0.2, 0) is 0 Å². The molecule has 1 aliphatic rings. The summed E-state index contributed by atoms with van der Waals surface area (Å²) in [6.45, 7) is 10.7. The lowest BCUT2D eigenvalue weighted by molar-refractivity contribution is 0.0419. The fourth-order valence-electron chi connectivity index (χ4n) is 3.13. The van der Waals surface area contributed by atoms with E-state index < -0.39 is 0 Å². The molecule has 0 saturated heterocycles. The van der Waals surface area contributed by atoms with Crippen molar-refractivity contribution >= 4 is 5.82 Å². The molecule has 1 aromatic heterocycles. The highest BCUT2D eigenvalue weighted by atomic mass is 16.5. The Balaban J connectivity index is 2.22. The highest BCUT2D eigenvalue weighted by Gasteiger charge is 2.33. The number of nitrogens with two attached hydrogens (primary N) is 1. The van der Waals surface area contributed by atoms with Gasteiger partial charge < -0.3 is 10.5 Å². The second kappa shape index (κ2) is 5.98. The zero-order valence-corrected chi connectivity index (χ0v) is 13.3. The number of aromatic nitrogens is 2. The first-order chi connectivity index (χ1) is 9.38. The molecule has 3 atom stereocenters. The summed E-state index contributed by atoms with van der Waals surface area (Å²) in [6, 6.07) is 0. The largest absolute Gasteiger partial charge is 0.474 e. The van der Waals surface area contributed by atoms with Gasteiger partial charge in [0.1, 0.15) is 17.7 Å². The Bertz CT molecular complexity index is 473. The van der Waals surface area contributed by atoms with E-state index in [4.69, 9.17) is 10.5 Å². The van der Waals surface area contributed by atoms with E-state index in [1.54, 1.807) is 0 Å². The van der Waals surface area contributed by atoms with Gasteiger partial charge in [0, 0.05) is 0 Å². The second-order valence-corrected chi connectivity index (χ2v) is 6.57. The van der Waals surface area contributed by atoms with Crippen molar-refractivity contribution in [3.05, 3.63) is 11.4 Å². The van der Waals surface area contributed by atoms with Crippen LogP contribution in [0.1, 0.15) is 51.4 Å². The number of aryl methyl sites for hydroxylation is 1. The molecular formula is C16H27N3O. The van der Waals surface area contributed by atoms with Crippen LogP contribution in [-0.4, -0.2) is 16.1 Å². The van der Waals surface area contributed by atoms with Gasteiger partial charge in [-0.15, -0.1) is 0 Å². The van der Waals surface area contributed by atoms with E-state index in [0.717, 1.165) is 17.9 Å². The minimum absolute atomic E-state index is 0.242. The quantitative estimate of drug-likeness (QED) is 0.918. The van der Waals surface area contributed by atoms with Crippen LogP contribution in [0.3, 0.4) is 0 Å². The smallest absolute Gasteiger partial charge is 0.222 e. The molecule has 0 aromatic carbocycles. The first-order valence-corrected chi connectivity index (χ1v) is 7.65. The maximum atomic E-state index is 6.26. The first kappa shape index (κ1) is 15.1. The number of anilines is 1. The van der Waals surface area contributed by atoms with Crippen molar-refractivity contribution in [1.82, 2.24) is 9.97 Å². The van der Waals surface area contributed by atoms with E-state index in [2.05, 4.69) is 30.7 Å². The van der Waals surface area contributed by atoms with Crippen molar-refractivity contribution in [2.24, 2.45) is 17.8 Å². The normalized spacial score (nSPS) is 26.8. The van der Waals surface area contributed by atoms with E-state index in [-0.39, 0.29) is 6.10 Å². The predicted octanol–water partition coefficient (Wildman–Crippen LogP) is 3.52. The van der Waals surface area contributed by atoms with Crippen LogP contribution in [0.25, 0.3) is 0 Å². The fraction of sp³-hybridized carbons (Fsp3) is 0.750. The van der Waals surface area contributed by atoms with Crippen molar-refractivity contribution in [1.29, 1.82) is 0 Å². The van der Waals surface area contributed by atoms with Gasteiger partial charge in [0.05, 0.1) is 5.56 Å². The van der Waals surface area contributed by atoms with E-state index in [0.29, 0.717) is 29.4 Å². The number of nitrogen functional groups attached to an aromatic ring is 1. The van der Waals surface area contributed by atoms with Crippen LogP contribution in [0.4, 0.5) is 5.82 Å². The molecule has 4 nitrogen and oxygen atoms in total. The topological polar surface area (TPSA) is 61.0 Å². The number of nitrogens with zero attached hydrogens (tertiary/aromatic N) is 2. The molecule has 112 valence electrons.